The summed E-state index contributed by atoms with van der Waals surface area (Å²) in [6.07, 6.45) is 0.565. The lowest BCUT2D eigenvalue weighted by Gasteiger charge is -2.29. The van der Waals surface area contributed by atoms with Crippen LogP contribution in [0, 0.1) is 0 Å². The van der Waals surface area contributed by atoms with Crippen LogP contribution in [0.25, 0.3) is 0 Å². The van der Waals surface area contributed by atoms with Crippen LogP contribution in [0.5, 0.6) is 0 Å². The Morgan fingerprint density at radius 2 is 1.97 bits per heavy atom. The van der Waals surface area contributed by atoms with Gasteiger partial charge in [0.1, 0.15) is 17.0 Å². The molecule has 0 bridgehead atoms. The monoisotopic (exact) mass is 469 g/mol. The molecule has 172 valence electrons. The van der Waals surface area contributed by atoms with E-state index in [1.54, 1.807) is 11.0 Å². The maximum absolute atomic E-state index is 13.2. The third kappa shape index (κ3) is 4.36. The van der Waals surface area contributed by atoms with Crippen LogP contribution < -0.4 is 20.9 Å². The average Bonchev–Trinajstić information content (AvgIpc) is 3.15. The van der Waals surface area contributed by atoms with Crippen LogP contribution in [-0.2, 0) is 22.7 Å². The Hall–Kier alpha value is -3.24. The molecule has 33 heavy (non-hydrogen) atoms. The van der Waals surface area contributed by atoms with Gasteiger partial charge in [-0.3, -0.25) is 19.7 Å². The van der Waals surface area contributed by atoms with Gasteiger partial charge in [0.2, 0.25) is 17.8 Å². The van der Waals surface area contributed by atoms with Gasteiger partial charge in [-0.15, -0.1) is 0 Å². The van der Waals surface area contributed by atoms with Gasteiger partial charge in [-0.05, 0) is 17.5 Å². The summed E-state index contributed by atoms with van der Waals surface area (Å²) in [6.45, 7) is 4.11. The number of nitrogens with one attached hydrogen (secondary N) is 3. The smallest absolute Gasteiger partial charge is 0.255 e. The number of rotatable bonds is 5. The zero-order valence-electron chi connectivity index (χ0n) is 17.9. The quantitative estimate of drug-likeness (QED) is 0.436. The first-order chi connectivity index (χ1) is 16.0. The topological polar surface area (TPSA) is 120 Å². The fourth-order valence-electron chi connectivity index (χ4n) is 4.55. The predicted octanol–water partition coefficient (Wildman–Crippen LogP) is 0.913. The van der Waals surface area contributed by atoms with Gasteiger partial charge < -0.3 is 20.4 Å². The highest BCUT2D eigenvalue weighted by Crippen LogP contribution is 2.30. The highest BCUT2D eigenvalue weighted by molar-refractivity contribution is 6.29. The zero-order valence-corrected chi connectivity index (χ0v) is 18.7. The molecule has 3 N–H and O–H groups in total. The first-order valence-electron chi connectivity index (χ1n) is 11.0. The van der Waals surface area contributed by atoms with E-state index in [1.165, 1.54) is 0 Å². The summed E-state index contributed by atoms with van der Waals surface area (Å²) in [5, 5.41) is 9.18. The molecule has 2 aromatic rings. The van der Waals surface area contributed by atoms with Gasteiger partial charge in [-0.1, -0.05) is 29.8 Å². The lowest BCUT2D eigenvalue weighted by atomic mass is 10.0. The van der Waals surface area contributed by atoms with Crippen molar-refractivity contribution in [3.8, 4) is 0 Å². The van der Waals surface area contributed by atoms with Crippen LogP contribution in [-0.4, -0.2) is 64.8 Å². The van der Waals surface area contributed by atoms with Crippen molar-refractivity contribution in [3.63, 3.8) is 0 Å². The Morgan fingerprint density at radius 3 is 2.76 bits per heavy atom. The van der Waals surface area contributed by atoms with Gasteiger partial charge in [0.25, 0.3) is 5.91 Å². The molecular weight excluding hydrogens is 446 g/mol. The van der Waals surface area contributed by atoms with Crippen LogP contribution >= 0.6 is 11.6 Å². The number of piperidine rings is 1. The number of amides is 3. The number of anilines is 2. The number of aromatic nitrogens is 2. The van der Waals surface area contributed by atoms with Crippen molar-refractivity contribution >= 4 is 41.1 Å². The normalized spacial score (nSPS) is 20.6. The summed E-state index contributed by atoms with van der Waals surface area (Å²) in [5.41, 5.74) is 2.23. The lowest BCUT2D eigenvalue weighted by molar-refractivity contribution is -0.136. The van der Waals surface area contributed by atoms with E-state index in [0.717, 1.165) is 43.1 Å². The molecule has 0 radical (unpaired) electrons. The number of piperazine rings is 1. The van der Waals surface area contributed by atoms with Crippen molar-refractivity contribution in [1.82, 2.24) is 25.5 Å². The third-order valence-electron chi connectivity index (χ3n) is 6.20. The van der Waals surface area contributed by atoms with Crippen LogP contribution in [0.15, 0.2) is 24.3 Å². The number of fused-ring (bicyclic) bond motifs is 1. The Labute approximate surface area is 195 Å². The summed E-state index contributed by atoms with van der Waals surface area (Å²) < 4.78 is 0. The summed E-state index contributed by atoms with van der Waals surface area (Å²) in [4.78, 5) is 49.6. The molecule has 5 rings (SSSR count). The number of hydrogen-bond donors (Lipinski definition) is 3. The molecule has 4 heterocycles. The molecule has 1 aromatic carbocycles. The van der Waals surface area contributed by atoms with Crippen molar-refractivity contribution in [1.29, 1.82) is 0 Å². The van der Waals surface area contributed by atoms with E-state index in [0.29, 0.717) is 36.2 Å². The highest BCUT2D eigenvalue weighted by atomic mass is 35.5. The van der Waals surface area contributed by atoms with Crippen molar-refractivity contribution in [3.05, 3.63) is 46.1 Å². The van der Waals surface area contributed by atoms with Crippen LogP contribution in [0.2, 0.25) is 5.15 Å². The van der Waals surface area contributed by atoms with Crippen LogP contribution in [0.3, 0.4) is 0 Å². The minimum absolute atomic E-state index is 0.203. The number of carbonyl (C=O) groups excluding carboxylic acids is 3. The fraction of sp³-hybridized carbons (Fsp3) is 0.409. The molecule has 1 unspecified atom stereocenters. The number of nitrogens with zero attached hydrogens (tertiary/aromatic N) is 4. The Morgan fingerprint density at radius 1 is 1.15 bits per heavy atom. The van der Waals surface area contributed by atoms with Gasteiger partial charge in [-0.25, -0.2) is 4.98 Å². The Balaban J connectivity index is 1.33. The molecule has 0 spiro atoms. The maximum atomic E-state index is 13.2. The summed E-state index contributed by atoms with van der Waals surface area (Å²) in [7, 11) is 0. The SMILES string of the molecule is O=C1CCC(N2Cc3cccc(CNc4nc(Cl)cc(N5CCNCC5)n4)c3C2=O)C(=O)N1. The Bertz CT molecular complexity index is 1120. The standard InChI is InChI=1S/C22H24ClN7O3/c23-16-10-17(29-8-6-24-7-9-29)27-22(26-16)25-11-13-2-1-3-14-12-30(21(33)19(13)14)15-4-5-18(31)28-20(15)32/h1-3,10,15,24H,4-9,11-12H2,(H,25,26,27)(H,28,31,32). The second-order valence-corrected chi connectivity index (χ2v) is 8.70. The van der Waals surface area contributed by atoms with Crippen molar-refractivity contribution in [2.24, 2.45) is 0 Å². The molecule has 3 aliphatic rings. The maximum Gasteiger partial charge on any atom is 0.255 e. The fourth-order valence-corrected chi connectivity index (χ4v) is 4.73. The van der Waals surface area contributed by atoms with Gasteiger partial charge in [-0.2, -0.15) is 4.98 Å². The first kappa shape index (κ1) is 21.6. The van der Waals surface area contributed by atoms with E-state index in [9.17, 15) is 14.4 Å². The minimum Gasteiger partial charge on any atom is -0.354 e. The summed E-state index contributed by atoms with van der Waals surface area (Å²) in [5.74, 6) is 0.232. The van der Waals surface area contributed by atoms with Gasteiger partial charge in [0, 0.05) is 57.3 Å². The minimum atomic E-state index is -0.638. The lowest BCUT2D eigenvalue weighted by Crippen LogP contribution is -2.52. The number of halogens is 1. The second-order valence-electron chi connectivity index (χ2n) is 8.31. The molecule has 3 aliphatic heterocycles. The van der Waals surface area contributed by atoms with Crippen LogP contribution in [0.4, 0.5) is 11.8 Å². The van der Waals surface area contributed by atoms with E-state index in [4.69, 9.17) is 11.6 Å². The highest BCUT2D eigenvalue weighted by Gasteiger charge is 2.39. The van der Waals surface area contributed by atoms with E-state index in [1.807, 2.05) is 18.2 Å². The second kappa shape index (κ2) is 8.95. The molecule has 2 fully saturated rings. The average molecular weight is 470 g/mol. The van der Waals surface area contributed by atoms with Crippen molar-refractivity contribution in [2.75, 3.05) is 36.4 Å². The number of benzene rings is 1. The largest absolute Gasteiger partial charge is 0.354 e. The Kier molecular flexibility index (Phi) is 5.86. The van der Waals surface area contributed by atoms with E-state index >= 15 is 0 Å². The van der Waals surface area contributed by atoms with E-state index < -0.39 is 11.9 Å². The van der Waals surface area contributed by atoms with Crippen molar-refractivity contribution in [2.45, 2.75) is 32.0 Å². The van der Waals surface area contributed by atoms with Crippen LogP contribution in [0.1, 0.15) is 34.3 Å². The molecule has 0 saturated carbocycles. The van der Waals surface area contributed by atoms with Gasteiger partial charge in [0.05, 0.1) is 0 Å². The zero-order chi connectivity index (χ0) is 22.9. The molecule has 11 heteroatoms. The van der Waals surface area contributed by atoms with E-state index in [2.05, 4.69) is 30.8 Å². The number of imide groups is 1. The number of carbonyl (C=O) groups is 3. The third-order valence-corrected chi connectivity index (χ3v) is 6.39. The number of hydrogen-bond acceptors (Lipinski definition) is 8. The molecule has 1 aromatic heterocycles. The molecule has 10 nitrogen and oxygen atoms in total. The molecule has 0 aliphatic carbocycles. The molecule has 2 saturated heterocycles. The first-order valence-corrected chi connectivity index (χ1v) is 11.4. The molecule has 3 amide bonds. The molecular formula is C22H24ClN7O3. The van der Waals surface area contributed by atoms with Gasteiger partial charge >= 0.3 is 0 Å². The predicted molar refractivity (Wildman–Crippen MR) is 122 cm³/mol. The van der Waals surface area contributed by atoms with Gasteiger partial charge in [0.15, 0.2) is 0 Å². The van der Waals surface area contributed by atoms with E-state index in [-0.39, 0.29) is 18.2 Å². The molecule has 1 atom stereocenters. The van der Waals surface area contributed by atoms with Crippen molar-refractivity contribution < 1.29 is 14.4 Å². The summed E-state index contributed by atoms with van der Waals surface area (Å²) in [6, 6.07) is 6.77. The summed E-state index contributed by atoms with van der Waals surface area (Å²) >= 11 is 6.24.